The van der Waals surface area contributed by atoms with E-state index in [2.05, 4.69) is 55.2 Å². The largest absolute Gasteiger partial charge is 0.357 e. The highest BCUT2D eigenvalue weighted by Crippen LogP contribution is 2.14. The summed E-state index contributed by atoms with van der Waals surface area (Å²) >= 11 is 1.74. The van der Waals surface area contributed by atoms with Crippen LogP contribution in [0.1, 0.15) is 44.5 Å². The molecule has 0 bridgehead atoms. The van der Waals surface area contributed by atoms with E-state index in [0.717, 1.165) is 23.9 Å². The molecule has 0 amide bonds. The number of rotatable bonds is 4. The average Bonchev–Trinajstić information content (AvgIpc) is 2.72. The third-order valence-corrected chi connectivity index (χ3v) is 3.29. The van der Waals surface area contributed by atoms with Gasteiger partial charge in [-0.1, -0.05) is 6.92 Å². The van der Waals surface area contributed by atoms with Crippen LogP contribution in [0.25, 0.3) is 0 Å². The average molecular weight is 396 g/mol. The summed E-state index contributed by atoms with van der Waals surface area (Å²) in [7, 11) is 0. The topological polar surface area (TPSA) is 49.3 Å². The zero-order valence-electron chi connectivity index (χ0n) is 12.4. The Labute approximate surface area is 137 Å². The Morgan fingerprint density at radius 2 is 2.05 bits per heavy atom. The molecule has 0 saturated heterocycles. The van der Waals surface area contributed by atoms with Gasteiger partial charge in [0.25, 0.3) is 0 Å². The van der Waals surface area contributed by atoms with Gasteiger partial charge in [-0.2, -0.15) is 0 Å². The minimum Gasteiger partial charge on any atom is -0.357 e. The van der Waals surface area contributed by atoms with Gasteiger partial charge in [0, 0.05) is 23.2 Å². The maximum Gasteiger partial charge on any atom is 0.192 e. The van der Waals surface area contributed by atoms with E-state index in [4.69, 9.17) is 0 Å². The standard InChI is InChI=1S/C13H24N4S.HI/c1-6-10-8-15-11(18-10)9-16-12(14-7-2)17-13(3,4)5;/h8H,6-7,9H2,1-5H3,(H2,14,16,17);1H. The molecule has 0 fully saturated rings. The molecule has 2 N–H and O–H groups in total. The molecule has 0 spiro atoms. The number of nitrogens with zero attached hydrogens (tertiary/aromatic N) is 2. The first-order chi connectivity index (χ1) is 8.44. The van der Waals surface area contributed by atoms with Gasteiger partial charge >= 0.3 is 0 Å². The number of aliphatic imine (C=N–C) groups is 1. The fraction of sp³-hybridized carbons (Fsp3) is 0.692. The van der Waals surface area contributed by atoms with E-state index in [9.17, 15) is 0 Å². The molecule has 6 heteroatoms. The zero-order chi connectivity index (χ0) is 13.6. The van der Waals surface area contributed by atoms with E-state index < -0.39 is 0 Å². The Morgan fingerprint density at radius 1 is 1.37 bits per heavy atom. The summed E-state index contributed by atoms with van der Waals surface area (Å²) in [6, 6.07) is 0. The van der Waals surface area contributed by atoms with Gasteiger partial charge in [0.15, 0.2) is 5.96 Å². The molecule has 0 saturated carbocycles. The predicted octanol–water partition coefficient (Wildman–Crippen LogP) is 3.18. The SMILES string of the molecule is CCNC(=NCc1ncc(CC)s1)NC(C)(C)C.I. The minimum atomic E-state index is 0. The molecule has 1 aromatic rings. The third-order valence-electron chi connectivity index (χ3n) is 2.16. The molecule has 0 aliphatic rings. The maximum atomic E-state index is 4.56. The highest BCUT2D eigenvalue weighted by Gasteiger charge is 2.11. The van der Waals surface area contributed by atoms with E-state index in [0.29, 0.717) is 6.54 Å². The lowest BCUT2D eigenvalue weighted by molar-refractivity contribution is 0.501. The highest BCUT2D eigenvalue weighted by atomic mass is 127. The summed E-state index contributed by atoms with van der Waals surface area (Å²) in [5, 5.41) is 7.68. The van der Waals surface area contributed by atoms with Crippen LogP contribution in [0, 0.1) is 0 Å². The lowest BCUT2D eigenvalue weighted by Gasteiger charge is -2.23. The molecular formula is C13H25IN4S. The molecule has 0 radical (unpaired) electrons. The van der Waals surface area contributed by atoms with Crippen molar-refractivity contribution in [3.63, 3.8) is 0 Å². The number of hydrogen-bond donors (Lipinski definition) is 2. The monoisotopic (exact) mass is 396 g/mol. The lowest BCUT2D eigenvalue weighted by Crippen LogP contribution is -2.47. The lowest BCUT2D eigenvalue weighted by atomic mass is 10.1. The summed E-state index contributed by atoms with van der Waals surface area (Å²) in [6.45, 7) is 12.1. The van der Waals surface area contributed by atoms with Crippen LogP contribution in [0.4, 0.5) is 0 Å². The summed E-state index contributed by atoms with van der Waals surface area (Å²) in [5.74, 6) is 0.846. The van der Waals surface area contributed by atoms with Crippen LogP contribution in [-0.4, -0.2) is 23.0 Å². The van der Waals surface area contributed by atoms with Crippen LogP contribution in [0.3, 0.4) is 0 Å². The van der Waals surface area contributed by atoms with Crippen LogP contribution in [0.15, 0.2) is 11.2 Å². The normalized spacial score (nSPS) is 11.9. The molecule has 0 aliphatic carbocycles. The van der Waals surface area contributed by atoms with Crippen LogP contribution < -0.4 is 10.6 Å². The highest BCUT2D eigenvalue weighted by molar-refractivity contribution is 14.0. The van der Waals surface area contributed by atoms with Crippen LogP contribution >= 0.6 is 35.3 Å². The van der Waals surface area contributed by atoms with Crippen LogP contribution in [-0.2, 0) is 13.0 Å². The van der Waals surface area contributed by atoms with Crippen LogP contribution in [0.2, 0.25) is 0 Å². The van der Waals surface area contributed by atoms with E-state index >= 15 is 0 Å². The summed E-state index contributed by atoms with van der Waals surface area (Å²) in [6.07, 6.45) is 2.99. The smallest absolute Gasteiger partial charge is 0.192 e. The number of aromatic nitrogens is 1. The van der Waals surface area contributed by atoms with Gasteiger partial charge in [0.05, 0.1) is 6.54 Å². The van der Waals surface area contributed by atoms with Gasteiger partial charge in [-0.3, -0.25) is 0 Å². The number of hydrogen-bond acceptors (Lipinski definition) is 3. The van der Waals surface area contributed by atoms with Crippen LogP contribution in [0.5, 0.6) is 0 Å². The minimum absolute atomic E-state index is 0. The fourth-order valence-electron chi connectivity index (χ4n) is 1.39. The van der Waals surface area contributed by atoms with Crippen molar-refractivity contribution < 1.29 is 0 Å². The Balaban J connectivity index is 0.00000324. The molecule has 19 heavy (non-hydrogen) atoms. The van der Waals surface area contributed by atoms with E-state index in [-0.39, 0.29) is 29.5 Å². The zero-order valence-corrected chi connectivity index (χ0v) is 15.6. The van der Waals surface area contributed by atoms with Gasteiger partial charge in [-0.25, -0.2) is 9.98 Å². The van der Waals surface area contributed by atoms with Crippen molar-refractivity contribution >= 4 is 41.3 Å². The second kappa shape index (κ2) is 8.73. The predicted molar refractivity (Wildman–Crippen MR) is 94.6 cm³/mol. The van der Waals surface area contributed by atoms with E-state index in [1.54, 1.807) is 11.3 Å². The molecule has 0 aromatic carbocycles. The third kappa shape index (κ3) is 7.71. The first-order valence-electron chi connectivity index (χ1n) is 6.44. The molecule has 1 heterocycles. The van der Waals surface area contributed by atoms with Gasteiger partial charge in [0.1, 0.15) is 5.01 Å². The molecule has 110 valence electrons. The van der Waals surface area contributed by atoms with E-state index in [1.165, 1.54) is 4.88 Å². The summed E-state index contributed by atoms with van der Waals surface area (Å²) < 4.78 is 0. The summed E-state index contributed by atoms with van der Waals surface area (Å²) in [4.78, 5) is 10.2. The van der Waals surface area contributed by atoms with Gasteiger partial charge in [0.2, 0.25) is 0 Å². The van der Waals surface area contributed by atoms with Crippen molar-refractivity contribution in [2.75, 3.05) is 6.54 Å². The maximum absolute atomic E-state index is 4.56. The van der Waals surface area contributed by atoms with Gasteiger partial charge < -0.3 is 10.6 Å². The Hall–Kier alpha value is -0.370. The summed E-state index contributed by atoms with van der Waals surface area (Å²) in [5.41, 5.74) is 0.0124. The number of halogens is 1. The Kier molecular flexibility index (Phi) is 8.56. The first kappa shape index (κ1) is 18.6. The molecule has 0 aliphatic heterocycles. The van der Waals surface area contributed by atoms with Crippen molar-refractivity contribution in [2.45, 2.75) is 53.1 Å². The fourth-order valence-corrected chi connectivity index (χ4v) is 2.18. The molecule has 0 unspecified atom stereocenters. The number of thiazole rings is 1. The molecule has 4 nitrogen and oxygen atoms in total. The quantitative estimate of drug-likeness (QED) is 0.467. The second-order valence-corrected chi connectivity index (χ2v) is 6.34. The van der Waals surface area contributed by atoms with E-state index in [1.807, 2.05) is 6.20 Å². The van der Waals surface area contributed by atoms with Crippen molar-refractivity contribution in [2.24, 2.45) is 4.99 Å². The van der Waals surface area contributed by atoms with Gasteiger partial charge in [-0.15, -0.1) is 35.3 Å². The van der Waals surface area contributed by atoms with Crippen molar-refractivity contribution in [3.05, 3.63) is 16.1 Å². The molecule has 1 rings (SSSR count). The molecule has 0 atom stereocenters. The number of aryl methyl sites for hydroxylation is 1. The van der Waals surface area contributed by atoms with Gasteiger partial charge in [-0.05, 0) is 34.1 Å². The first-order valence-corrected chi connectivity index (χ1v) is 7.26. The van der Waals surface area contributed by atoms with Crippen molar-refractivity contribution in [1.29, 1.82) is 0 Å². The molecular weight excluding hydrogens is 371 g/mol. The van der Waals surface area contributed by atoms with Crippen molar-refractivity contribution in [3.8, 4) is 0 Å². The number of guanidine groups is 1. The van der Waals surface area contributed by atoms with Crippen molar-refractivity contribution in [1.82, 2.24) is 15.6 Å². The Morgan fingerprint density at radius 3 is 2.53 bits per heavy atom. The Bertz CT molecular complexity index is 396. The number of nitrogens with one attached hydrogen (secondary N) is 2. The molecule has 1 aromatic heterocycles. The second-order valence-electron chi connectivity index (χ2n) is 5.14.